The number of carbonyl (C=O) groups is 2. The Bertz CT molecular complexity index is 481. The van der Waals surface area contributed by atoms with Crippen molar-refractivity contribution in [2.75, 3.05) is 6.61 Å². The van der Waals surface area contributed by atoms with Gasteiger partial charge in [0.1, 0.15) is 18.4 Å². The Labute approximate surface area is 118 Å². The maximum atomic E-state index is 11.2. The van der Waals surface area contributed by atoms with E-state index in [0.29, 0.717) is 12.4 Å². The van der Waals surface area contributed by atoms with Crippen LogP contribution in [0.4, 0.5) is 0 Å². The van der Waals surface area contributed by atoms with E-state index in [4.69, 9.17) is 4.74 Å². The molecule has 1 unspecified atom stereocenters. The molecule has 0 aliphatic rings. The van der Waals surface area contributed by atoms with Gasteiger partial charge in [-0.1, -0.05) is 31.7 Å². The molecule has 0 radical (unpaired) electrons. The third kappa shape index (κ3) is 4.42. The number of carboxylic acids is 1. The number of hydrogen-bond acceptors (Lipinski definition) is 3. The van der Waals surface area contributed by atoms with Gasteiger partial charge in [0.2, 0.25) is 5.91 Å². The van der Waals surface area contributed by atoms with Gasteiger partial charge in [-0.05, 0) is 17.7 Å². The molecule has 1 amide bonds. The molecular formula is C15H19NO4. The third-order valence-corrected chi connectivity index (χ3v) is 2.90. The normalized spacial score (nSPS) is 13.1. The first-order valence-electron chi connectivity index (χ1n) is 6.29. The summed E-state index contributed by atoms with van der Waals surface area (Å²) in [6.45, 7) is 7.04. The van der Waals surface area contributed by atoms with E-state index in [1.165, 1.54) is 6.92 Å². The molecule has 1 aromatic carbocycles. The summed E-state index contributed by atoms with van der Waals surface area (Å²) >= 11 is 0. The number of carboxylic acid groups (broad SMARTS) is 1. The molecule has 0 bridgehead atoms. The molecule has 0 saturated heterocycles. The van der Waals surface area contributed by atoms with Crippen LogP contribution >= 0.6 is 0 Å². The maximum Gasteiger partial charge on any atom is 0.326 e. The van der Waals surface area contributed by atoms with Crippen LogP contribution in [0.15, 0.2) is 36.9 Å². The van der Waals surface area contributed by atoms with Crippen molar-refractivity contribution in [1.29, 1.82) is 0 Å². The van der Waals surface area contributed by atoms with Gasteiger partial charge in [0.25, 0.3) is 0 Å². The number of benzene rings is 1. The molecule has 0 fully saturated rings. The molecule has 2 atom stereocenters. The van der Waals surface area contributed by atoms with E-state index >= 15 is 0 Å². The predicted molar refractivity (Wildman–Crippen MR) is 75.8 cm³/mol. The number of carbonyl (C=O) groups excluding carboxylic acids is 1. The molecule has 0 aliphatic carbocycles. The van der Waals surface area contributed by atoms with Crippen LogP contribution in [0.25, 0.3) is 0 Å². The first-order chi connectivity index (χ1) is 9.45. The molecule has 1 rings (SSSR count). The summed E-state index contributed by atoms with van der Waals surface area (Å²) < 4.78 is 5.36. The fourth-order valence-electron chi connectivity index (χ4n) is 1.83. The summed E-state index contributed by atoms with van der Waals surface area (Å²) in [5.74, 6) is -1.08. The minimum absolute atomic E-state index is 0.343. The van der Waals surface area contributed by atoms with Gasteiger partial charge in [0, 0.05) is 12.8 Å². The monoisotopic (exact) mass is 277 g/mol. The van der Waals surface area contributed by atoms with Crippen LogP contribution in [0, 0.1) is 0 Å². The first-order valence-corrected chi connectivity index (χ1v) is 6.29. The van der Waals surface area contributed by atoms with Crippen molar-refractivity contribution in [3.05, 3.63) is 42.5 Å². The van der Waals surface area contributed by atoms with Crippen molar-refractivity contribution in [2.45, 2.75) is 25.8 Å². The Kier molecular flexibility index (Phi) is 5.77. The minimum Gasteiger partial charge on any atom is -0.490 e. The quantitative estimate of drug-likeness (QED) is 0.747. The van der Waals surface area contributed by atoms with Crippen LogP contribution < -0.4 is 10.1 Å². The Balaban J connectivity index is 2.83. The van der Waals surface area contributed by atoms with Gasteiger partial charge in [-0.2, -0.15) is 0 Å². The molecule has 0 saturated carbocycles. The largest absolute Gasteiger partial charge is 0.490 e. The first kappa shape index (κ1) is 15.8. The average molecular weight is 277 g/mol. The SMILES string of the molecule is C=CCOc1ccc(C(C)[C@@H](NC(C)=O)C(=O)O)cc1. The zero-order valence-corrected chi connectivity index (χ0v) is 11.6. The highest BCUT2D eigenvalue weighted by Gasteiger charge is 2.26. The van der Waals surface area contributed by atoms with Crippen LogP contribution in [-0.4, -0.2) is 29.6 Å². The van der Waals surface area contributed by atoms with Gasteiger partial charge < -0.3 is 15.2 Å². The van der Waals surface area contributed by atoms with Crippen molar-refractivity contribution < 1.29 is 19.4 Å². The summed E-state index contributed by atoms with van der Waals surface area (Å²) in [6, 6.07) is 6.17. The lowest BCUT2D eigenvalue weighted by Gasteiger charge is -2.21. The lowest BCUT2D eigenvalue weighted by Crippen LogP contribution is -2.43. The molecule has 5 heteroatoms. The van der Waals surface area contributed by atoms with Crippen LogP contribution in [0.1, 0.15) is 25.3 Å². The second-order valence-electron chi connectivity index (χ2n) is 4.47. The highest BCUT2D eigenvalue weighted by Crippen LogP contribution is 2.22. The Morgan fingerprint density at radius 2 is 2.00 bits per heavy atom. The van der Waals surface area contributed by atoms with E-state index < -0.39 is 12.0 Å². The lowest BCUT2D eigenvalue weighted by molar-refractivity contribution is -0.142. The van der Waals surface area contributed by atoms with Crippen molar-refractivity contribution in [1.82, 2.24) is 5.32 Å². The van der Waals surface area contributed by atoms with E-state index in [0.717, 1.165) is 5.56 Å². The molecule has 0 aromatic heterocycles. The zero-order valence-electron chi connectivity index (χ0n) is 11.6. The summed E-state index contributed by atoms with van der Waals surface area (Å²) in [5, 5.41) is 11.6. The molecule has 0 spiro atoms. The van der Waals surface area contributed by atoms with E-state index in [1.807, 2.05) is 0 Å². The standard InChI is InChI=1S/C15H19NO4/c1-4-9-20-13-7-5-12(6-8-13)10(2)14(15(18)19)16-11(3)17/h4-8,10,14H,1,9H2,2-3H3,(H,16,17)(H,18,19)/t10?,14-/m1/s1. The smallest absolute Gasteiger partial charge is 0.326 e. The maximum absolute atomic E-state index is 11.2. The van der Waals surface area contributed by atoms with Crippen LogP contribution in [0.5, 0.6) is 5.75 Å². The van der Waals surface area contributed by atoms with Gasteiger partial charge in [-0.25, -0.2) is 4.79 Å². The van der Waals surface area contributed by atoms with Crippen molar-refractivity contribution in [3.8, 4) is 5.75 Å². The topological polar surface area (TPSA) is 75.6 Å². The fourth-order valence-corrected chi connectivity index (χ4v) is 1.83. The molecular weight excluding hydrogens is 258 g/mol. The van der Waals surface area contributed by atoms with E-state index in [1.54, 1.807) is 37.3 Å². The highest BCUT2D eigenvalue weighted by molar-refractivity contribution is 5.83. The second-order valence-corrected chi connectivity index (χ2v) is 4.47. The number of rotatable bonds is 7. The second kappa shape index (κ2) is 7.33. The predicted octanol–water partition coefficient (Wildman–Crippen LogP) is 1.94. The van der Waals surface area contributed by atoms with Crippen molar-refractivity contribution in [3.63, 3.8) is 0 Å². The molecule has 0 aliphatic heterocycles. The third-order valence-electron chi connectivity index (χ3n) is 2.90. The Hall–Kier alpha value is -2.30. The Morgan fingerprint density at radius 1 is 1.40 bits per heavy atom. The van der Waals surface area contributed by atoms with Crippen molar-refractivity contribution in [2.24, 2.45) is 0 Å². The number of ether oxygens (including phenoxy) is 1. The van der Waals surface area contributed by atoms with E-state index in [9.17, 15) is 14.7 Å². The number of aliphatic carboxylic acids is 1. The van der Waals surface area contributed by atoms with Gasteiger partial charge in [0.05, 0.1) is 0 Å². The Morgan fingerprint density at radius 3 is 2.45 bits per heavy atom. The zero-order chi connectivity index (χ0) is 15.1. The van der Waals surface area contributed by atoms with Gasteiger partial charge >= 0.3 is 5.97 Å². The summed E-state index contributed by atoms with van der Waals surface area (Å²) in [4.78, 5) is 22.3. The number of nitrogens with one attached hydrogen (secondary N) is 1. The summed E-state index contributed by atoms with van der Waals surface area (Å²) in [6.07, 6.45) is 1.65. The van der Waals surface area contributed by atoms with Crippen LogP contribution in [0.2, 0.25) is 0 Å². The molecule has 1 aromatic rings. The fraction of sp³-hybridized carbons (Fsp3) is 0.333. The summed E-state index contributed by atoms with van der Waals surface area (Å²) in [7, 11) is 0. The van der Waals surface area contributed by atoms with Gasteiger partial charge in [-0.3, -0.25) is 4.79 Å². The molecule has 108 valence electrons. The van der Waals surface area contributed by atoms with Crippen LogP contribution in [-0.2, 0) is 9.59 Å². The van der Waals surface area contributed by atoms with E-state index in [-0.39, 0.29) is 11.8 Å². The average Bonchev–Trinajstić information content (AvgIpc) is 2.42. The van der Waals surface area contributed by atoms with Crippen molar-refractivity contribution >= 4 is 11.9 Å². The number of amides is 1. The van der Waals surface area contributed by atoms with Gasteiger partial charge in [-0.15, -0.1) is 0 Å². The highest BCUT2D eigenvalue weighted by atomic mass is 16.5. The van der Waals surface area contributed by atoms with E-state index in [2.05, 4.69) is 11.9 Å². The van der Waals surface area contributed by atoms with Crippen LogP contribution in [0.3, 0.4) is 0 Å². The minimum atomic E-state index is -1.06. The molecule has 20 heavy (non-hydrogen) atoms. The summed E-state index contributed by atoms with van der Waals surface area (Å²) in [5.41, 5.74) is 0.817. The number of hydrogen-bond donors (Lipinski definition) is 2. The lowest BCUT2D eigenvalue weighted by atomic mass is 9.93. The molecule has 2 N–H and O–H groups in total. The molecule has 0 heterocycles. The molecule has 5 nitrogen and oxygen atoms in total. The van der Waals surface area contributed by atoms with Gasteiger partial charge in [0.15, 0.2) is 0 Å².